The average Bonchev–Trinajstić information content (AvgIpc) is 3.18. The summed E-state index contributed by atoms with van der Waals surface area (Å²) < 4.78 is 15.3. The Labute approximate surface area is 201 Å². The standard InChI is InChI=1S/C22H20Cl2FN3O4.CH4/c1-2-9-27-17(8-10-29)20(28(31)32)18(13-4-3-5-15(24)19(13)25)22(27)14-7-6-12(23)11-16(14)26-21(22)30;/h3-7,10-11,17-18,20H,2,8-9H2,1H3,(H,26,30);1H4/t17-,18-,20+,22+;/m0./s1. The molecule has 7 nitrogen and oxygen atoms in total. The highest BCUT2D eigenvalue weighted by molar-refractivity contribution is 6.31. The van der Waals surface area contributed by atoms with Crippen molar-refractivity contribution in [2.75, 3.05) is 11.9 Å². The Morgan fingerprint density at radius 3 is 2.67 bits per heavy atom. The third kappa shape index (κ3) is 3.61. The van der Waals surface area contributed by atoms with Gasteiger partial charge in [0.15, 0.2) is 0 Å². The van der Waals surface area contributed by atoms with E-state index in [1.165, 1.54) is 18.2 Å². The molecular formula is C23H24Cl2FN3O4. The van der Waals surface area contributed by atoms with Gasteiger partial charge >= 0.3 is 0 Å². The highest BCUT2D eigenvalue weighted by Gasteiger charge is 2.71. The molecule has 0 aliphatic carbocycles. The Balaban J connectivity index is 0.00000306. The summed E-state index contributed by atoms with van der Waals surface area (Å²) in [6.07, 6.45) is 0.981. The van der Waals surface area contributed by atoms with E-state index in [1.54, 1.807) is 23.1 Å². The van der Waals surface area contributed by atoms with Gasteiger partial charge < -0.3 is 10.1 Å². The molecule has 2 aliphatic heterocycles. The van der Waals surface area contributed by atoms with Crippen LogP contribution in [0, 0.1) is 15.9 Å². The minimum Gasteiger partial charge on any atom is -0.324 e. The van der Waals surface area contributed by atoms with Crippen LogP contribution in [0.25, 0.3) is 0 Å². The van der Waals surface area contributed by atoms with E-state index in [0.717, 1.165) is 0 Å². The highest BCUT2D eigenvalue weighted by atomic mass is 35.5. The van der Waals surface area contributed by atoms with Crippen LogP contribution in [0.4, 0.5) is 10.1 Å². The minimum atomic E-state index is -1.60. The predicted molar refractivity (Wildman–Crippen MR) is 125 cm³/mol. The van der Waals surface area contributed by atoms with Crippen molar-refractivity contribution in [2.45, 2.75) is 50.7 Å². The number of likely N-dealkylation sites (tertiary alicyclic amines) is 1. The Kier molecular flexibility index (Phi) is 7.12. The second kappa shape index (κ2) is 9.37. The van der Waals surface area contributed by atoms with E-state index in [-0.39, 0.29) is 31.0 Å². The van der Waals surface area contributed by atoms with Crippen molar-refractivity contribution in [3.63, 3.8) is 0 Å². The number of anilines is 1. The first-order chi connectivity index (χ1) is 15.3. The summed E-state index contributed by atoms with van der Waals surface area (Å²) in [5.41, 5.74) is -0.770. The molecule has 2 aliphatic rings. The lowest BCUT2D eigenvalue weighted by atomic mass is 9.73. The van der Waals surface area contributed by atoms with Gasteiger partial charge in [0.2, 0.25) is 6.04 Å². The summed E-state index contributed by atoms with van der Waals surface area (Å²) in [4.78, 5) is 38.8. The van der Waals surface area contributed by atoms with Gasteiger partial charge in [-0.2, -0.15) is 0 Å². The molecule has 0 unspecified atom stereocenters. The summed E-state index contributed by atoms with van der Waals surface area (Å²) in [6.45, 7) is 2.16. The van der Waals surface area contributed by atoms with Crippen LogP contribution in [-0.4, -0.2) is 40.6 Å². The number of aldehydes is 1. The van der Waals surface area contributed by atoms with Gasteiger partial charge in [-0.15, -0.1) is 0 Å². The summed E-state index contributed by atoms with van der Waals surface area (Å²) in [6, 6.07) is 6.70. The molecular weight excluding hydrogens is 472 g/mol. The smallest absolute Gasteiger partial charge is 0.250 e. The molecule has 0 aromatic heterocycles. The summed E-state index contributed by atoms with van der Waals surface area (Å²) in [5, 5.41) is 15.3. The molecule has 10 heteroatoms. The second-order valence-corrected chi connectivity index (χ2v) is 8.81. The molecule has 33 heavy (non-hydrogen) atoms. The third-order valence-electron chi connectivity index (χ3n) is 6.39. The third-order valence-corrected chi connectivity index (χ3v) is 6.92. The van der Waals surface area contributed by atoms with Gasteiger partial charge in [0.1, 0.15) is 17.6 Å². The number of nitrogens with zero attached hydrogens (tertiary/aromatic N) is 2. The summed E-state index contributed by atoms with van der Waals surface area (Å²) in [7, 11) is 0. The van der Waals surface area contributed by atoms with Gasteiger partial charge in [-0.25, -0.2) is 4.39 Å². The zero-order valence-electron chi connectivity index (χ0n) is 17.1. The van der Waals surface area contributed by atoms with Gasteiger partial charge in [-0.05, 0) is 31.2 Å². The zero-order valence-corrected chi connectivity index (χ0v) is 18.6. The molecule has 1 spiro atoms. The van der Waals surface area contributed by atoms with E-state index in [9.17, 15) is 19.7 Å². The van der Waals surface area contributed by atoms with Gasteiger partial charge in [0.05, 0.1) is 17.0 Å². The molecule has 1 amide bonds. The number of amides is 1. The highest BCUT2D eigenvalue weighted by Crippen LogP contribution is 2.58. The number of nitro groups is 1. The first kappa shape index (κ1) is 25.1. The van der Waals surface area contributed by atoms with Crippen LogP contribution in [0.15, 0.2) is 36.4 Å². The van der Waals surface area contributed by atoms with E-state index >= 15 is 4.39 Å². The van der Waals surface area contributed by atoms with Crippen molar-refractivity contribution < 1.29 is 18.9 Å². The molecule has 2 heterocycles. The molecule has 1 N–H and O–H groups in total. The fraction of sp³-hybridized carbons (Fsp3) is 0.391. The van der Waals surface area contributed by atoms with Crippen LogP contribution in [0.2, 0.25) is 10.0 Å². The van der Waals surface area contributed by atoms with E-state index in [1.807, 2.05) is 6.92 Å². The van der Waals surface area contributed by atoms with Crippen molar-refractivity contribution in [2.24, 2.45) is 0 Å². The molecule has 4 atom stereocenters. The number of nitrogens with one attached hydrogen (secondary N) is 1. The maximum atomic E-state index is 15.3. The summed E-state index contributed by atoms with van der Waals surface area (Å²) in [5.74, 6) is -2.56. The molecule has 176 valence electrons. The molecule has 2 aromatic rings. The first-order valence-electron chi connectivity index (χ1n) is 10.2. The van der Waals surface area contributed by atoms with E-state index < -0.39 is 40.2 Å². The minimum absolute atomic E-state index is 0. The quantitative estimate of drug-likeness (QED) is 0.344. The topological polar surface area (TPSA) is 92.6 Å². The summed E-state index contributed by atoms with van der Waals surface area (Å²) >= 11 is 12.2. The molecule has 0 saturated carbocycles. The molecule has 1 saturated heterocycles. The first-order valence-corrected chi connectivity index (χ1v) is 10.9. The van der Waals surface area contributed by atoms with E-state index in [4.69, 9.17) is 23.2 Å². The van der Waals surface area contributed by atoms with Gasteiger partial charge in [-0.1, -0.05) is 55.8 Å². The van der Waals surface area contributed by atoms with Gasteiger partial charge in [0, 0.05) is 33.2 Å². The molecule has 0 bridgehead atoms. The predicted octanol–water partition coefficient (Wildman–Crippen LogP) is 5.03. The number of carbonyl (C=O) groups excluding carboxylic acids is 2. The number of fused-ring (bicyclic) bond motifs is 2. The molecule has 2 aromatic carbocycles. The monoisotopic (exact) mass is 495 g/mol. The SMILES string of the molecule is C.CCCN1[C@@H](CC=O)[C@@H]([N+](=O)[O-])[C@H](c2cccc(Cl)c2F)[C@]12C(=O)Nc1cc(Cl)ccc12. The lowest BCUT2D eigenvalue weighted by Crippen LogP contribution is -2.52. The van der Waals surface area contributed by atoms with Gasteiger partial charge in [0.25, 0.3) is 5.91 Å². The number of carbonyl (C=O) groups is 2. The van der Waals surface area contributed by atoms with Crippen LogP contribution in [0.1, 0.15) is 44.2 Å². The second-order valence-electron chi connectivity index (χ2n) is 7.97. The fourth-order valence-corrected chi connectivity index (χ4v) is 5.71. The maximum Gasteiger partial charge on any atom is 0.250 e. The largest absolute Gasteiger partial charge is 0.324 e. The Hall–Kier alpha value is -2.55. The van der Waals surface area contributed by atoms with Crippen molar-refractivity contribution in [1.82, 2.24) is 4.90 Å². The van der Waals surface area contributed by atoms with E-state index in [2.05, 4.69) is 5.32 Å². The van der Waals surface area contributed by atoms with Crippen LogP contribution in [0.5, 0.6) is 0 Å². The van der Waals surface area contributed by atoms with Crippen LogP contribution < -0.4 is 5.32 Å². The van der Waals surface area contributed by atoms with E-state index in [0.29, 0.717) is 29.0 Å². The van der Waals surface area contributed by atoms with Crippen molar-refractivity contribution >= 4 is 41.1 Å². The van der Waals surface area contributed by atoms with Crippen molar-refractivity contribution in [1.29, 1.82) is 0 Å². The zero-order chi connectivity index (χ0) is 23.2. The number of hydrogen-bond acceptors (Lipinski definition) is 5. The molecule has 4 rings (SSSR count). The average molecular weight is 496 g/mol. The van der Waals surface area contributed by atoms with Crippen LogP contribution in [0.3, 0.4) is 0 Å². The number of benzene rings is 2. The number of halogens is 3. The van der Waals surface area contributed by atoms with Crippen molar-refractivity contribution in [3.8, 4) is 0 Å². The normalized spacial score (nSPS) is 26.1. The van der Waals surface area contributed by atoms with Crippen LogP contribution in [-0.2, 0) is 15.1 Å². The Bertz CT molecular complexity index is 1120. The Morgan fingerprint density at radius 2 is 2.03 bits per heavy atom. The van der Waals surface area contributed by atoms with Gasteiger partial charge in [-0.3, -0.25) is 19.8 Å². The van der Waals surface area contributed by atoms with Crippen LogP contribution >= 0.6 is 23.2 Å². The molecule has 0 radical (unpaired) electrons. The Morgan fingerprint density at radius 1 is 1.30 bits per heavy atom. The lowest BCUT2D eigenvalue weighted by Gasteiger charge is -2.38. The fourth-order valence-electron chi connectivity index (χ4n) is 5.36. The lowest BCUT2D eigenvalue weighted by molar-refractivity contribution is -0.528. The van der Waals surface area contributed by atoms with Crippen molar-refractivity contribution in [3.05, 3.63) is 73.5 Å². The number of rotatable bonds is 6. The number of hydrogen-bond donors (Lipinski definition) is 1. The molecule has 1 fully saturated rings. The maximum absolute atomic E-state index is 15.3.